The number of benzene rings is 2. The van der Waals surface area contributed by atoms with E-state index in [1.807, 2.05) is 30.3 Å². The van der Waals surface area contributed by atoms with E-state index in [4.69, 9.17) is 9.47 Å². The van der Waals surface area contributed by atoms with E-state index in [1.54, 1.807) is 0 Å². The monoisotopic (exact) mass is 392 g/mol. The first kappa shape index (κ1) is 18.1. The van der Waals surface area contributed by atoms with Gasteiger partial charge in [-0.1, -0.05) is 26.8 Å². The first-order chi connectivity index (χ1) is 13.8. The molecule has 5 rings (SSSR count). The number of hydrogen-bond acceptors (Lipinski definition) is 3. The number of fused-ring (bicyclic) bond motifs is 2. The molecule has 5 nitrogen and oxygen atoms in total. The highest BCUT2D eigenvalue weighted by molar-refractivity contribution is 6.03. The number of anilines is 1. The van der Waals surface area contributed by atoms with Crippen molar-refractivity contribution in [3.05, 3.63) is 53.2 Å². The Morgan fingerprint density at radius 2 is 1.86 bits per heavy atom. The molecule has 1 fully saturated rings. The summed E-state index contributed by atoms with van der Waals surface area (Å²) in [6, 6.07) is 11.9. The molecule has 152 valence electrons. The van der Waals surface area contributed by atoms with E-state index in [1.165, 1.54) is 11.3 Å². The van der Waals surface area contributed by atoms with Crippen LogP contribution in [0.25, 0.3) is 10.9 Å². The minimum absolute atomic E-state index is 0. The Bertz CT molecular complexity index is 1140. The van der Waals surface area contributed by atoms with Gasteiger partial charge in [-0.05, 0) is 61.2 Å². The number of aryl methyl sites for hydroxylation is 1. The Morgan fingerprint density at radius 1 is 1.10 bits per heavy atom. The van der Waals surface area contributed by atoms with Crippen molar-refractivity contribution in [1.82, 2.24) is 4.98 Å². The van der Waals surface area contributed by atoms with Gasteiger partial charge in [0.05, 0.1) is 5.41 Å². The lowest BCUT2D eigenvalue weighted by Crippen LogP contribution is -2.27. The Kier molecular flexibility index (Phi) is 3.76. The lowest BCUT2D eigenvalue weighted by atomic mass is 9.89. The summed E-state index contributed by atoms with van der Waals surface area (Å²) < 4.78 is 10.9. The van der Waals surface area contributed by atoms with Gasteiger partial charge in [-0.25, -0.2) is 0 Å². The van der Waals surface area contributed by atoms with Crippen molar-refractivity contribution in [2.45, 2.75) is 51.4 Å². The number of H-pyrrole nitrogens is 1. The number of nitrogens with one attached hydrogen (secondary N) is 2. The smallest absolute Gasteiger partial charge is 0.235 e. The SMILES string of the molecule is Cc1c(C(C)(C)C)[nH]c2ccc(NC(=O)C3(c4ccc5c(c4)OCO5)CC3)cc12.[HH]. The zero-order valence-corrected chi connectivity index (χ0v) is 17.3. The molecule has 1 saturated carbocycles. The predicted octanol–water partition coefficient (Wildman–Crippen LogP) is 5.42. The third-order valence-corrected chi connectivity index (χ3v) is 6.18. The lowest BCUT2D eigenvalue weighted by Gasteiger charge is -2.18. The van der Waals surface area contributed by atoms with Crippen molar-refractivity contribution in [2.24, 2.45) is 0 Å². The Hall–Kier alpha value is -2.95. The van der Waals surface area contributed by atoms with Gasteiger partial charge >= 0.3 is 0 Å². The zero-order valence-electron chi connectivity index (χ0n) is 17.3. The van der Waals surface area contributed by atoms with Crippen LogP contribution in [0.4, 0.5) is 5.69 Å². The summed E-state index contributed by atoms with van der Waals surface area (Å²) in [5.41, 5.74) is 4.96. The lowest BCUT2D eigenvalue weighted by molar-refractivity contribution is -0.118. The molecule has 5 heteroatoms. The van der Waals surface area contributed by atoms with Gasteiger partial charge in [0.25, 0.3) is 0 Å². The zero-order chi connectivity index (χ0) is 20.4. The molecular formula is C24H28N2O3. The first-order valence-corrected chi connectivity index (χ1v) is 10.1. The van der Waals surface area contributed by atoms with Crippen molar-refractivity contribution < 1.29 is 15.7 Å². The van der Waals surface area contributed by atoms with Crippen LogP contribution in [0.15, 0.2) is 36.4 Å². The van der Waals surface area contributed by atoms with Gasteiger partial charge in [0.15, 0.2) is 11.5 Å². The van der Waals surface area contributed by atoms with E-state index in [9.17, 15) is 4.79 Å². The fourth-order valence-electron chi connectivity index (χ4n) is 4.37. The fraction of sp³-hybridized carbons (Fsp3) is 0.375. The molecular weight excluding hydrogens is 364 g/mol. The van der Waals surface area contributed by atoms with Gasteiger partial charge < -0.3 is 19.8 Å². The molecule has 1 aliphatic carbocycles. The maximum Gasteiger partial charge on any atom is 0.235 e. The van der Waals surface area contributed by atoms with Gasteiger partial charge in [0.1, 0.15) is 0 Å². The molecule has 1 aliphatic heterocycles. The molecule has 3 aromatic rings. The van der Waals surface area contributed by atoms with Crippen molar-refractivity contribution in [1.29, 1.82) is 0 Å². The molecule has 0 radical (unpaired) electrons. The number of amides is 1. The van der Waals surface area contributed by atoms with Crippen LogP contribution in [-0.2, 0) is 15.6 Å². The van der Waals surface area contributed by atoms with Gasteiger partial charge in [-0.2, -0.15) is 0 Å². The van der Waals surface area contributed by atoms with Crippen molar-refractivity contribution in [2.75, 3.05) is 12.1 Å². The predicted molar refractivity (Wildman–Crippen MR) is 116 cm³/mol. The van der Waals surface area contributed by atoms with Crippen LogP contribution in [-0.4, -0.2) is 17.7 Å². The fourth-order valence-corrected chi connectivity index (χ4v) is 4.37. The molecule has 1 amide bonds. The van der Waals surface area contributed by atoms with Crippen LogP contribution in [0.5, 0.6) is 11.5 Å². The highest BCUT2D eigenvalue weighted by atomic mass is 16.7. The average molecular weight is 392 g/mol. The third kappa shape index (κ3) is 2.87. The van der Waals surface area contributed by atoms with E-state index in [2.05, 4.69) is 44.1 Å². The van der Waals surface area contributed by atoms with Crippen molar-refractivity contribution >= 4 is 22.5 Å². The maximum atomic E-state index is 13.2. The Labute approximate surface area is 171 Å². The summed E-state index contributed by atoms with van der Waals surface area (Å²) in [6.45, 7) is 8.99. The Morgan fingerprint density at radius 3 is 2.59 bits per heavy atom. The minimum atomic E-state index is -0.473. The molecule has 29 heavy (non-hydrogen) atoms. The van der Waals surface area contributed by atoms with Crippen molar-refractivity contribution in [3.63, 3.8) is 0 Å². The molecule has 2 aromatic carbocycles. The molecule has 0 spiro atoms. The normalized spacial score (nSPS) is 16.8. The average Bonchev–Trinajstić information content (AvgIpc) is 3.24. The molecule has 0 unspecified atom stereocenters. The summed E-state index contributed by atoms with van der Waals surface area (Å²) in [5.74, 6) is 1.51. The maximum absolute atomic E-state index is 13.2. The highest BCUT2D eigenvalue weighted by Crippen LogP contribution is 2.51. The van der Waals surface area contributed by atoms with Crippen LogP contribution >= 0.6 is 0 Å². The second kappa shape index (κ2) is 6.02. The van der Waals surface area contributed by atoms with E-state index in [-0.39, 0.29) is 19.5 Å². The number of carbonyl (C=O) groups is 1. The van der Waals surface area contributed by atoms with Gasteiger partial charge in [0, 0.05) is 29.1 Å². The van der Waals surface area contributed by atoms with E-state index < -0.39 is 5.41 Å². The molecule has 2 heterocycles. The summed E-state index contributed by atoms with van der Waals surface area (Å²) in [4.78, 5) is 16.7. The summed E-state index contributed by atoms with van der Waals surface area (Å²) >= 11 is 0. The molecule has 2 aliphatic rings. The Balaban J connectivity index is 0.00000218. The number of aromatic nitrogens is 1. The molecule has 1 aromatic heterocycles. The van der Waals surface area contributed by atoms with E-state index >= 15 is 0 Å². The van der Waals surface area contributed by atoms with E-state index in [0.717, 1.165) is 46.5 Å². The topological polar surface area (TPSA) is 63.4 Å². The molecule has 0 atom stereocenters. The standard InChI is InChI=1S/C24H26N2O3.H2/c1-14-17-12-16(6-7-18(17)26-21(14)23(2,3)4)25-22(27)24(9-10-24)15-5-8-19-20(11-15)29-13-28-19;/h5-8,11-12,26H,9-10,13H2,1-4H3,(H,25,27);1H. The summed E-state index contributed by atoms with van der Waals surface area (Å²) in [6.07, 6.45) is 1.69. The second-order valence-electron chi connectivity index (χ2n) is 9.24. The minimum Gasteiger partial charge on any atom is -0.454 e. The largest absolute Gasteiger partial charge is 0.454 e. The van der Waals surface area contributed by atoms with Crippen LogP contribution < -0.4 is 14.8 Å². The summed E-state index contributed by atoms with van der Waals surface area (Å²) in [7, 11) is 0. The highest BCUT2D eigenvalue weighted by Gasteiger charge is 2.51. The molecule has 0 bridgehead atoms. The second-order valence-corrected chi connectivity index (χ2v) is 9.24. The van der Waals surface area contributed by atoms with Crippen LogP contribution in [0, 0.1) is 6.92 Å². The van der Waals surface area contributed by atoms with Gasteiger partial charge in [0.2, 0.25) is 12.7 Å². The molecule has 2 N–H and O–H groups in total. The first-order valence-electron chi connectivity index (χ1n) is 10.1. The van der Waals surface area contributed by atoms with Crippen molar-refractivity contribution in [3.8, 4) is 11.5 Å². The van der Waals surface area contributed by atoms with Crippen LogP contribution in [0.3, 0.4) is 0 Å². The number of rotatable bonds is 3. The number of carbonyl (C=O) groups excluding carboxylic acids is 1. The molecule has 0 saturated heterocycles. The summed E-state index contributed by atoms with van der Waals surface area (Å²) in [5, 5.41) is 4.31. The number of ether oxygens (including phenoxy) is 2. The van der Waals surface area contributed by atoms with Crippen LogP contribution in [0.1, 0.15) is 51.9 Å². The van der Waals surface area contributed by atoms with Crippen LogP contribution in [0.2, 0.25) is 0 Å². The number of hydrogen-bond donors (Lipinski definition) is 2. The van der Waals surface area contributed by atoms with E-state index in [0.29, 0.717) is 0 Å². The third-order valence-electron chi connectivity index (χ3n) is 6.18. The van der Waals surface area contributed by atoms with Gasteiger partial charge in [-0.15, -0.1) is 0 Å². The van der Waals surface area contributed by atoms with Gasteiger partial charge in [-0.3, -0.25) is 4.79 Å². The quantitative estimate of drug-likeness (QED) is 0.626. The number of aromatic amines is 1.